The lowest BCUT2D eigenvalue weighted by molar-refractivity contribution is -0.138. The highest BCUT2D eigenvalue weighted by atomic mass is 16.4. The third-order valence-electron chi connectivity index (χ3n) is 1.49. The van der Waals surface area contributed by atoms with E-state index in [1.165, 1.54) is 0 Å². The number of carboxylic acids is 1. The van der Waals surface area contributed by atoms with Crippen molar-refractivity contribution in [2.75, 3.05) is 6.54 Å². The molecular formula is C7H15NO2. The van der Waals surface area contributed by atoms with Crippen LogP contribution in [0.3, 0.4) is 0 Å². The minimum atomic E-state index is -0.746. The minimum absolute atomic E-state index is 0.169. The highest BCUT2D eigenvalue weighted by Gasteiger charge is 2.09. The SMILES string of the molecule is CCC[C@@H](CN)CC(=O)O. The van der Waals surface area contributed by atoms with E-state index in [1.807, 2.05) is 6.92 Å². The summed E-state index contributed by atoms with van der Waals surface area (Å²) in [6, 6.07) is 0. The molecule has 3 heteroatoms. The predicted octanol–water partition coefficient (Wildman–Crippen LogP) is 0.836. The summed E-state index contributed by atoms with van der Waals surface area (Å²) in [5.41, 5.74) is 5.34. The van der Waals surface area contributed by atoms with Crippen LogP contribution in [0.4, 0.5) is 0 Å². The van der Waals surface area contributed by atoms with E-state index < -0.39 is 5.97 Å². The van der Waals surface area contributed by atoms with Crippen LogP contribution in [0, 0.1) is 5.92 Å². The molecule has 0 rings (SSSR count). The monoisotopic (exact) mass is 145 g/mol. The van der Waals surface area contributed by atoms with E-state index in [0.29, 0.717) is 6.54 Å². The Morgan fingerprint density at radius 2 is 2.30 bits per heavy atom. The van der Waals surface area contributed by atoms with Crippen molar-refractivity contribution in [3.8, 4) is 0 Å². The lowest BCUT2D eigenvalue weighted by atomic mass is 10.0. The van der Waals surface area contributed by atoms with Crippen molar-refractivity contribution in [2.24, 2.45) is 11.7 Å². The summed E-state index contributed by atoms with van der Waals surface area (Å²) >= 11 is 0. The first-order valence-electron chi connectivity index (χ1n) is 3.62. The summed E-state index contributed by atoms with van der Waals surface area (Å²) in [6.45, 7) is 2.52. The third-order valence-corrected chi connectivity index (χ3v) is 1.49. The van der Waals surface area contributed by atoms with Crippen molar-refractivity contribution in [1.82, 2.24) is 0 Å². The number of carbonyl (C=O) groups is 1. The van der Waals surface area contributed by atoms with Gasteiger partial charge in [0.2, 0.25) is 0 Å². The topological polar surface area (TPSA) is 63.3 Å². The Hall–Kier alpha value is -0.570. The molecule has 60 valence electrons. The van der Waals surface area contributed by atoms with Crippen LogP contribution in [0.5, 0.6) is 0 Å². The molecule has 0 saturated carbocycles. The second-order valence-corrected chi connectivity index (χ2v) is 2.49. The Labute approximate surface area is 61.2 Å². The third kappa shape index (κ3) is 4.32. The average Bonchev–Trinajstić information content (AvgIpc) is 1.86. The number of hydrogen-bond donors (Lipinski definition) is 2. The van der Waals surface area contributed by atoms with Crippen molar-refractivity contribution in [1.29, 1.82) is 0 Å². The minimum Gasteiger partial charge on any atom is -0.481 e. The van der Waals surface area contributed by atoms with Crippen LogP contribution in [0.15, 0.2) is 0 Å². The van der Waals surface area contributed by atoms with Crippen LogP contribution in [-0.2, 0) is 4.79 Å². The standard InChI is InChI=1S/C7H15NO2/c1-2-3-6(5-8)4-7(9)10/h6H,2-5,8H2,1H3,(H,9,10)/t6-/m1/s1. The molecule has 0 fully saturated rings. The Kier molecular flexibility index (Phi) is 4.94. The van der Waals surface area contributed by atoms with Crippen LogP contribution in [0.1, 0.15) is 26.2 Å². The highest BCUT2D eigenvalue weighted by molar-refractivity contribution is 5.67. The Morgan fingerprint density at radius 3 is 2.60 bits per heavy atom. The molecule has 0 amide bonds. The fraction of sp³-hybridized carbons (Fsp3) is 0.857. The molecule has 0 heterocycles. The molecule has 0 aromatic carbocycles. The van der Waals surface area contributed by atoms with E-state index in [4.69, 9.17) is 10.8 Å². The predicted molar refractivity (Wildman–Crippen MR) is 39.7 cm³/mol. The number of nitrogens with two attached hydrogens (primary N) is 1. The van der Waals surface area contributed by atoms with E-state index in [2.05, 4.69) is 0 Å². The Morgan fingerprint density at radius 1 is 1.70 bits per heavy atom. The molecule has 0 aliphatic carbocycles. The lowest BCUT2D eigenvalue weighted by Crippen LogP contribution is -2.17. The molecule has 0 radical (unpaired) electrons. The largest absolute Gasteiger partial charge is 0.481 e. The number of rotatable bonds is 5. The van der Waals surface area contributed by atoms with Gasteiger partial charge in [-0.25, -0.2) is 0 Å². The van der Waals surface area contributed by atoms with Crippen LogP contribution in [0.2, 0.25) is 0 Å². The molecule has 0 aliphatic heterocycles. The summed E-state index contributed by atoms with van der Waals surface area (Å²) < 4.78 is 0. The quantitative estimate of drug-likeness (QED) is 0.602. The fourth-order valence-electron chi connectivity index (χ4n) is 0.958. The van der Waals surface area contributed by atoms with Gasteiger partial charge < -0.3 is 10.8 Å². The average molecular weight is 145 g/mol. The van der Waals surface area contributed by atoms with Gasteiger partial charge in [-0.3, -0.25) is 4.79 Å². The maximum absolute atomic E-state index is 10.2. The first kappa shape index (κ1) is 9.43. The number of hydrogen-bond acceptors (Lipinski definition) is 2. The van der Waals surface area contributed by atoms with Crippen LogP contribution >= 0.6 is 0 Å². The summed E-state index contributed by atoms with van der Waals surface area (Å²) in [5.74, 6) is -0.577. The summed E-state index contributed by atoms with van der Waals surface area (Å²) in [5, 5.41) is 8.39. The second kappa shape index (κ2) is 5.23. The van der Waals surface area contributed by atoms with Crippen LogP contribution < -0.4 is 5.73 Å². The first-order valence-corrected chi connectivity index (χ1v) is 3.62. The zero-order valence-corrected chi connectivity index (χ0v) is 6.34. The van der Waals surface area contributed by atoms with Gasteiger partial charge >= 0.3 is 5.97 Å². The Balaban J connectivity index is 3.49. The molecule has 0 unspecified atom stereocenters. The van der Waals surface area contributed by atoms with E-state index >= 15 is 0 Å². The van der Waals surface area contributed by atoms with Gasteiger partial charge in [0.15, 0.2) is 0 Å². The molecule has 0 aromatic heterocycles. The van der Waals surface area contributed by atoms with Gasteiger partial charge in [-0.05, 0) is 18.9 Å². The van der Waals surface area contributed by atoms with Gasteiger partial charge in [0, 0.05) is 6.42 Å². The van der Waals surface area contributed by atoms with Crippen LogP contribution in [-0.4, -0.2) is 17.6 Å². The molecule has 3 N–H and O–H groups in total. The van der Waals surface area contributed by atoms with Crippen molar-refractivity contribution in [2.45, 2.75) is 26.2 Å². The van der Waals surface area contributed by atoms with Gasteiger partial charge in [0.1, 0.15) is 0 Å². The van der Waals surface area contributed by atoms with Crippen molar-refractivity contribution >= 4 is 5.97 Å². The smallest absolute Gasteiger partial charge is 0.303 e. The first-order chi connectivity index (χ1) is 4.70. The van der Waals surface area contributed by atoms with Gasteiger partial charge in [0.25, 0.3) is 0 Å². The van der Waals surface area contributed by atoms with E-state index in [9.17, 15) is 4.79 Å². The van der Waals surface area contributed by atoms with Gasteiger partial charge in [-0.15, -0.1) is 0 Å². The number of aliphatic carboxylic acids is 1. The molecule has 0 saturated heterocycles. The van der Waals surface area contributed by atoms with Gasteiger partial charge in [-0.1, -0.05) is 13.3 Å². The zero-order chi connectivity index (χ0) is 7.98. The molecular weight excluding hydrogens is 130 g/mol. The number of carboxylic acid groups (broad SMARTS) is 1. The second-order valence-electron chi connectivity index (χ2n) is 2.49. The summed E-state index contributed by atoms with van der Waals surface area (Å²) in [4.78, 5) is 10.2. The lowest BCUT2D eigenvalue weighted by Gasteiger charge is -2.08. The molecule has 0 aliphatic rings. The van der Waals surface area contributed by atoms with Gasteiger partial charge in [0.05, 0.1) is 0 Å². The van der Waals surface area contributed by atoms with E-state index in [0.717, 1.165) is 12.8 Å². The molecule has 1 atom stereocenters. The van der Waals surface area contributed by atoms with Crippen molar-refractivity contribution in [3.63, 3.8) is 0 Å². The Bertz CT molecular complexity index is 104. The van der Waals surface area contributed by atoms with Crippen molar-refractivity contribution in [3.05, 3.63) is 0 Å². The molecule has 3 nitrogen and oxygen atoms in total. The van der Waals surface area contributed by atoms with Crippen molar-refractivity contribution < 1.29 is 9.90 Å². The van der Waals surface area contributed by atoms with E-state index in [-0.39, 0.29) is 12.3 Å². The molecule has 0 aromatic rings. The zero-order valence-electron chi connectivity index (χ0n) is 6.34. The van der Waals surface area contributed by atoms with Crippen LogP contribution in [0.25, 0.3) is 0 Å². The molecule has 0 bridgehead atoms. The highest BCUT2D eigenvalue weighted by Crippen LogP contribution is 2.08. The maximum Gasteiger partial charge on any atom is 0.303 e. The fourth-order valence-corrected chi connectivity index (χ4v) is 0.958. The van der Waals surface area contributed by atoms with Gasteiger partial charge in [-0.2, -0.15) is 0 Å². The molecule has 0 spiro atoms. The normalized spacial score (nSPS) is 13.0. The molecule has 10 heavy (non-hydrogen) atoms. The maximum atomic E-state index is 10.2. The summed E-state index contributed by atoms with van der Waals surface area (Å²) in [6.07, 6.45) is 2.14. The summed E-state index contributed by atoms with van der Waals surface area (Å²) in [7, 11) is 0. The van der Waals surface area contributed by atoms with E-state index in [1.54, 1.807) is 0 Å².